The molecule has 3 atom stereocenters. The zero-order chi connectivity index (χ0) is 14.6. The molecule has 0 spiro atoms. The molecule has 1 saturated heterocycles. The van der Waals surface area contributed by atoms with Gasteiger partial charge in [0.05, 0.1) is 6.61 Å². The van der Waals surface area contributed by atoms with Crippen LogP contribution in [0.25, 0.3) is 0 Å². The smallest absolute Gasteiger partial charge is 0.0502 e. The fraction of sp³-hybridized carbons (Fsp3) is 1.00. The highest BCUT2D eigenvalue weighted by Gasteiger charge is 2.44. The molecule has 118 valence electrons. The van der Waals surface area contributed by atoms with Crippen molar-refractivity contribution in [1.82, 2.24) is 10.2 Å². The first-order chi connectivity index (χ1) is 9.58. The average Bonchev–Trinajstić information content (AvgIpc) is 2.72. The lowest BCUT2D eigenvalue weighted by atomic mass is 9.85. The number of hydrogen-bond donors (Lipinski definition) is 1. The number of nitrogens with one attached hydrogen (secondary N) is 1. The molecule has 1 N–H and O–H groups in total. The maximum Gasteiger partial charge on any atom is 0.0502 e. The monoisotopic (exact) mass is 282 g/mol. The van der Waals surface area contributed by atoms with E-state index in [-0.39, 0.29) is 0 Å². The number of ether oxygens (including phenoxy) is 1. The molecule has 2 fully saturated rings. The molecule has 0 aromatic heterocycles. The Hall–Kier alpha value is -0.120. The summed E-state index contributed by atoms with van der Waals surface area (Å²) in [5.74, 6) is 0.740. The Balaban J connectivity index is 1.98. The zero-order valence-corrected chi connectivity index (χ0v) is 14.0. The zero-order valence-electron chi connectivity index (χ0n) is 14.0. The SMILES string of the molecule is CCCNC1C(N2CCCC(COC)C2)CCC1(C)C. The van der Waals surface area contributed by atoms with E-state index in [1.165, 1.54) is 45.2 Å². The van der Waals surface area contributed by atoms with Gasteiger partial charge in [0.2, 0.25) is 0 Å². The molecular formula is C17H34N2O. The van der Waals surface area contributed by atoms with Gasteiger partial charge in [0.25, 0.3) is 0 Å². The molecule has 3 nitrogen and oxygen atoms in total. The first-order valence-corrected chi connectivity index (χ1v) is 8.55. The van der Waals surface area contributed by atoms with Gasteiger partial charge in [-0.25, -0.2) is 0 Å². The summed E-state index contributed by atoms with van der Waals surface area (Å²) >= 11 is 0. The minimum Gasteiger partial charge on any atom is -0.384 e. The quantitative estimate of drug-likeness (QED) is 0.811. The molecule has 3 unspecified atom stereocenters. The predicted octanol–water partition coefficient (Wildman–Crippen LogP) is 2.90. The Morgan fingerprint density at radius 3 is 2.80 bits per heavy atom. The number of hydrogen-bond acceptors (Lipinski definition) is 3. The summed E-state index contributed by atoms with van der Waals surface area (Å²) in [6.07, 6.45) is 6.61. The first-order valence-electron chi connectivity index (χ1n) is 8.55. The largest absolute Gasteiger partial charge is 0.384 e. The molecule has 1 saturated carbocycles. The van der Waals surface area contributed by atoms with Crippen LogP contribution in [0.5, 0.6) is 0 Å². The van der Waals surface area contributed by atoms with E-state index in [2.05, 4.69) is 31.0 Å². The number of rotatable bonds is 6. The summed E-state index contributed by atoms with van der Waals surface area (Å²) in [4.78, 5) is 2.76. The molecule has 1 aliphatic carbocycles. The minimum atomic E-state index is 0.439. The van der Waals surface area contributed by atoms with Crippen molar-refractivity contribution < 1.29 is 4.74 Å². The minimum absolute atomic E-state index is 0.439. The maximum atomic E-state index is 5.38. The van der Waals surface area contributed by atoms with Crippen molar-refractivity contribution in [3.63, 3.8) is 0 Å². The summed E-state index contributed by atoms with van der Waals surface area (Å²) in [6.45, 7) is 11.7. The van der Waals surface area contributed by atoms with Crippen molar-refractivity contribution in [3.05, 3.63) is 0 Å². The standard InChI is InChI=1S/C17H34N2O/c1-5-10-18-16-15(8-9-17(16,2)3)19-11-6-7-14(12-19)13-20-4/h14-16,18H,5-13H2,1-4H3. The molecule has 0 bridgehead atoms. The Morgan fingerprint density at radius 2 is 2.10 bits per heavy atom. The molecule has 3 heteroatoms. The average molecular weight is 282 g/mol. The van der Waals surface area contributed by atoms with Crippen LogP contribution in [-0.4, -0.2) is 50.3 Å². The summed E-state index contributed by atoms with van der Waals surface area (Å²) in [5, 5.41) is 3.84. The van der Waals surface area contributed by atoms with Crippen molar-refractivity contribution in [2.45, 2.75) is 65.0 Å². The lowest BCUT2D eigenvalue weighted by molar-refractivity contribution is 0.0555. The summed E-state index contributed by atoms with van der Waals surface area (Å²) < 4.78 is 5.38. The Bertz CT molecular complexity index is 291. The van der Waals surface area contributed by atoms with Crippen LogP contribution in [0.2, 0.25) is 0 Å². The van der Waals surface area contributed by atoms with E-state index in [1.807, 2.05) is 7.11 Å². The highest BCUT2D eigenvalue weighted by atomic mass is 16.5. The molecule has 0 radical (unpaired) electrons. The van der Waals surface area contributed by atoms with Crippen LogP contribution in [0.1, 0.15) is 52.9 Å². The van der Waals surface area contributed by atoms with Crippen molar-refractivity contribution in [3.8, 4) is 0 Å². The molecular weight excluding hydrogens is 248 g/mol. The van der Waals surface area contributed by atoms with Crippen LogP contribution < -0.4 is 5.32 Å². The molecule has 0 aromatic carbocycles. The van der Waals surface area contributed by atoms with Crippen LogP contribution >= 0.6 is 0 Å². The van der Waals surface area contributed by atoms with E-state index in [0.717, 1.165) is 25.1 Å². The van der Waals surface area contributed by atoms with E-state index >= 15 is 0 Å². The molecule has 2 rings (SSSR count). The molecule has 2 aliphatic rings. The third-order valence-corrected chi connectivity index (χ3v) is 5.35. The topological polar surface area (TPSA) is 24.5 Å². The van der Waals surface area contributed by atoms with Gasteiger partial charge in [0, 0.05) is 25.7 Å². The normalized spacial score (nSPS) is 34.5. The lowest BCUT2D eigenvalue weighted by Gasteiger charge is -2.41. The summed E-state index contributed by atoms with van der Waals surface area (Å²) in [6, 6.07) is 1.39. The number of piperidine rings is 1. The number of methoxy groups -OCH3 is 1. The van der Waals surface area contributed by atoms with Gasteiger partial charge in [0.1, 0.15) is 0 Å². The van der Waals surface area contributed by atoms with Crippen molar-refractivity contribution in [2.24, 2.45) is 11.3 Å². The number of likely N-dealkylation sites (tertiary alicyclic amines) is 1. The second-order valence-electron chi connectivity index (χ2n) is 7.48. The van der Waals surface area contributed by atoms with Crippen molar-refractivity contribution >= 4 is 0 Å². The third-order valence-electron chi connectivity index (χ3n) is 5.35. The van der Waals surface area contributed by atoms with Gasteiger partial charge >= 0.3 is 0 Å². The fourth-order valence-electron chi connectivity index (χ4n) is 4.24. The lowest BCUT2D eigenvalue weighted by Crippen LogP contribution is -2.54. The summed E-state index contributed by atoms with van der Waals surface area (Å²) in [7, 11) is 1.84. The van der Waals surface area contributed by atoms with Gasteiger partial charge in [-0.15, -0.1) is 0 Å². The Kier molecular flexibility index (Phi) is 5.88. The Labute approximate surface area is 125 Å². The molecule has 0 amide bonds. The predicted molar refractivity (Wildman–Crippen MR) is 85.1 cm³/mol. The molecule has 1 heterocycles. The fourth-order valence-corrected chi connectivity index (χ4v) is 4.24. The van der Waals surface area contributed by atoms with E-state index in [1.54, 1.807) is 0 Å². The first kappa shape index (κ1) is 16.3. The van der Waals surface area contributed by atoms with Crippen LogP contribution in [0.3, 0.4) is 0 Å². The second kappa shape index (κ2) is 7.24. The third kappa shape index (κ3) is 3.75. The van der Waals surface area contributed by atoms with Crippen LogP contribution in [-0.2, 0) is 4.74 Å². The van der Waals surface area contributed by atoms with Gasteiger partial charge in [-0.3, -0.25) is 4.90 Å². The van der Waals surface area contributed by atoms with E-state index in [0.29, 0.717) is 11.5 Å². The molecule has 20 heavy (non-hydrogen) atoms. The van der Waals surface area contributed by atoms with Crippen molar-refractivity contribution in [2.75, 3.05) is 33.4 Å². The van der Waals surface area contributed by atoms with Crippen LogP contribution in [0.15, 0.2) is 0 Å². The van der Waals surface area contributed by atoms with E-state index in [4.69, 9.17) is 4.74 Å². The van der Waals surface area contributed by atoms with E-state index in [9.17, 15) is 0 Å². The van der Waals surface area contributed by atoms with Gasteiger partial charge in [0.15, 0.2) is 0 Å². The maximum absolute atomic E-state index is 5.38. The molecule has 1 aliphatic heterocycles. The van der Waals surface area contributed by atoms with Gasteiger partial charge < -0.3 is 10.1 Å². The number of nitrogens with zero attached hydrogens (tertiary/aromatic N) is 1. The van der Waals surface area contributed by atoms with Gasteiger partial charge in [-0.2, -0.15) is 0 Å². The van der Waals surface area contributed by atoms with E-state index < -0.39 is 0 Å². The van der Waals surface area contributed by atoms with Crippen molar-refractivity contribution in [1.29, 1.82) is 0 Å². The molecule has 0 aromatic rings. The van der Waals surface area contributed by atoms with Crippen LogP contribution in [0, 0.1) is 11.3 Å². The highest BCUT2D eigenvalue weighted by molar-refractivity contribution is 5.01. The van der Waals surface area contributed by atoms with Gasteiger partial charge in [-0.05, 0) is 56.5 Å². The Morgan fingerprint density at radius 1 is 1.30 bits per heavy atom. The van der Waals surface area contributed by atoms with Gasteiger partial charge in [-0.1, -0.05) is 20.8 Å². The summed E-state index contributed by atoms with van der Waals surface area (Å²) in [5.41, 5.74) is 0.439. The second-order valence-corrected chi connectivity index (χ2v) is 7.48. The van der Waals surface area contributed by atoms with Crippen LogP contribution in [0.4, 0.5) is 0 Å². The highest BCUT2D eigenvalue weighted by Crippen LogP contribution is 2.41.